The lowest BCUT2D eigenvalue weighted by Crippen LogP contribution is -2.50. The third-order valence-electron chi connectivity index (χ3n) is 5.36. The van der Waals surface area contributed by atoms with Crippen molar-refractivity contribution < 1.29 is 9.18 Å². The van der Waals surface area contributed by atoms with Crippen molar-refractivity contribution in [1.82, 2.24) is 14.5 Å². The summed E-state index contributed by atoms with van der Waals surface area (Å²) in [6, 6.07) is 15.6. The highest BCUT2D eigenvalue weighted by atomic mass is 19.1. The zero-order chi connectivity index (χ0) is 21.1. The van der Waals surface area contributed by atoms with E-state index in [0.29, 0.717) is 31.9 Å². The first kappa shape index (κ1) is 19.8. The van der Waals surface area contributed by atoms with Crippen LogP contribution in [0.2, 0.25) is 0 Å². The average Bonchev–Trinajstić information content (AvgIpc) is 2.76. The summed E-state index contributed by atoms with van der Waals surface area (Å²) < 4.78 is 14.4. The smallest absolute Gasteiger partial charge is 0.254 e. The molecule has 30 heavy (non-hydrogen) atoms. The highest BCUT2D eigenvalue weighted by Gasteiger charge is 2.22. The Kier molecular flexibility index (Phi) is 5.61. The maximum Gasteiger partial charge on any atom is 0.254 e. The minimum Gasteiger partial charge on any atom is -0.368 e. The molecule has 154 valence electrons. The summed E-state index contributed by atoms with van der Waals surface area (Å²) in [5.74, 6) is -0.374. The molecule has 2 aromatic carbocycles. The van der Waals surface area contributed by atoms with E-state index in [1.807, 2.05) is 31.2 Å². The van der Waals surface area contributed by atoms with Gasteiger partial charge in [0.1, 0.15) is 12.4 Å². The van der Waals surface area contributed by atoms with Gasteiger partial charge in [-0.05, 0) is 31.2 Å². The summed E-state index contributed by atoms with van der Waals surface area (Å²) >= 11 is 0. The summed E-state index contributed by atoms with van der Waals surface area (Å²) in [6.07, 6.45) is 1.43. The van der Waals surface area contributed by atoms with Gasteiger partial charge in [0, 0.05) is 43.5 Å². The van der Waals surface area contributed by atoms with Crippen LogP contribution in [0.1, 0.15) is 5.56 Å². The lowest BCUT2D eigenvalue weighted by molar-refractivity contribution is -0.132. The molecule has 0 saturated carbocycles. The predicted octanol–water partition coefficient (Wildman–Crippen LogP) is 2.71. The van der Waals surface area contributed by atoms with E-state index in [2.05, 4.69) is 9.88 Å². The van der Waals surface area contributed by atoms with Crippen LogP contribution < -0.4 is 10.5 Å². The SMILES string of the molecule is Cc1ccc(-c2cc(=O)n(CC(=O)N3CCN(c4ccc(F)cc4)CC3)cn2)cc1. The fourth-order valence-electron chi connectivity index (χ4n) is 3.54. The van der Waals surface area contributed by atoms with Gasteiger partial charge >= 0.3 is 0 Å². The second kappa shape index (κ2) is 8.49. The Morgan fingerprint density at radius 1 is 1.00 bits per heavy atom. The molecule has 0 atom stereocenters. The number of hydrogen-bond acceptors (Lipinski definition) is 4. The van der Waals surface area contributed by atoms with Gasteiger partial charge in [-0.2, -0.15) is 0 Å². The normalized spacial score (nSPS) is 14.1. The van der Waals surface area contributed by atoms with E-state index in [9.17, 15) is 14.0 Å². The molecule has 1 aliphatic heterocycles. The van der Waals surface area contributed by atoms with Crippen molar-refractivity contribution in [1.29, 1.82) is 0 Å². The second-order valence-electron chi connectivity index (χ2n) is 7.45. The van der Waals surface area contributed by atoms with Crippen LogP contribution in [-0.4, -0.2) is 46.5 Å². The number of nitrogens with zero attached hydrogens (tertiary/aromatic N) is 4. The van der Waals surface area contributed by atoms with Crippen LogP contribution in [0.15, 0.2) is 65.7 Å². The van der Waals surface area contributed by atoms with E-state index in [0.717, 1.165) is 16.8 Å². The molecule has 4 rings (SSSR count). The van der Waals surface area contributed by atoms with Gasteiger partial charge in [0.25, 0.3) is 5.56 Å². The lowest BCUT2D eigenvalue weighted by atomic mass is 10.1. The molecular weight excluding hydrogens is 383 g/mol. The number of carbonyl (C=O) groups is 1. The van der Waals surface area contributed by atoms with Crippen molar-refractivity contribution >= 4 is 11.6 Å². The third-order valence-corrected chi connectivity index (χ3v) is 5.36. The number of halogens is 1. The van der Waals surface area contributed by atoms with Gasteiger partial charge in [0.05, 0.1) is 12.0 Å². The molecule has 7 heteroatoms. The number of amides is 1. The zero-order valence-electron chi connectivity index (χ0n) is 16.8. The van der Waals surface area contributed by atoms with Gasteiger partial charge in [-0.3, -0.25) is 14.2 Å². The van der Waals surface area contributed by atoms with E-state index in [1.54, 1.807) is 17.0 Å². The Morgan fingerprint density at radius 3 is 2.30 bits per heavy atom. The summed E-state index contributed by atoms with van der Waals surface area (Å²) in [5, 5.41) is 0. The minimum atomic E-state index is -0.264. The van der Waals surface area contributed by atoms with Gasteiger partial charge in [0.15, 0.2) is 0 Å². The fraction of sp³-hybridized carbons (Fsp3) is 0.261. The first-order valence-electron chi connectivity index (χ1n) is 9.91. The number of rotatable bonds is 4. The van der Waals surface area contributed by atoms with Crippen LogP contribution in [-0.2, 0) is 11.3 Å². The predicted molar refractivity (Wildman–Crippen MR) is 114 cm³/mol. The topological polar surface area (TPSA) is 58.4 Å². The van der Waals surface area contributed by atoms with Crippen LogP contribution in [0.3, 0.4) is 0 Å². The Hall–Kier alpha value is -3.48. The molecule has 0 bridgehead atoms. The van der Waals surface area contributed by atoms with E-state index in [1.165, 1.54) is 29.1 Å². The molecule has 0 spiro atoms. The largest absolute Gasteiger partial charge is 0.368 e. The highest BCUT2D eigenvalue weighted by Crippen LogP contribution is 2.17. The number of aromatic nitrogens is 2. The Morgan fingerprint density at radius 2 is 1.67 bits per heavy atom. The maximum atomic E-state index is 13.1. The summed E-state index contributed by atoms with van der Waals surface area (Å²) in [7, 11) is 0. The van der Waals surface area contributed by atoms with Crippen molar-refractivity contribution in [2.75, 3.05) is 31.1 Å². The Labute approximate surface area is 174 Å². The third kappa shape index (κ3) is 4.40. The zero-order valence-corrected chi connectivity index (χ0v) is 16.8. The molecule has 1 saturated heterocycles. The van der Waals surface area contributed by atoms with E-state index < -0.39 is 0 Å². The number of carbonyl (C=O) groups excluding carboxylic acids is 1. The van der Waals surface area contributed by atoms with Crippen molar-refractivity contribution in [3.8, 4) is 11.3 Å². The van der Waals surface area contributed by atoms with E-state index in [-0.39, 0.29) is 23.8 Å². The van der Waals surface area contributed by atoms with Crippen LogP contribution >= 0.6 is 0 Å². The fourth-order valence-corrected chi connectivity index (χ4v) is 3.54. The number of anilines is 1. The molecule has 2 heterocycles. The molecule has 0 unspecified atom stereocenters. The first-order chi connectivity index (χ1) is 14.5. The maximum absolute atomic E-state index is 13.1. The van der Waals surface area contributed by atoms with Crippen LogP contribution in [0.4, 0.5) is 10.1 Å². The molecule has 1 aromatic heterocycles. The summed E-state index contributed by atoms with van der Waals surface area (Å²) in [5.41, 5.74) is 3.29. The van der Waals surface area contributed by atoms with E-state index in [4.69, 9.17) is 0 Å². The molecular formula is C23H23FN4O2. The van der Waals surface area contributed by atoms with Crippen molar-refractivity contribution in [2.24, 2.45) is 0 Å². The molecule has 0 N–H and O–H groups in total. The Balaban J connectivity index is 1.38. The quantitative estimate of drug-likeness (QED) is 0.669. The van der Waals surface area contributed by atoms with Gasteiger partial charge < -0.3 is 9.80 Å². The molecule has 1 fully saturated rings. The summed E-state index contributed by atoms with van der Waals surface area (Å²) in [4.78, 5) is 33.4. The molecule has 1 amide bonds. The second-order valence-corrected chi connectivity index (χ2v) is 7.45. The van der Waals surface area contributed by atoms with Crippen LogP contribution in [0.25, 0.3) is 11.3 Å². The first-order valence-corrected chi connectivity index (χ1v) is 9.91. The molecule has 3 aromatic rings. The molecule has 0 aliphatic carbocycles. The minimum absolute atomic E-state index is 0.0312. The standard InChI is InChI=1S/C23H23FN4O2/c1-17-2-4-18(5-3-17)21-14-22(29)28(16-25-21)15-23(30)27-12-10-26(11-13-27)20-8-6-19(24)7-9-20/h2-9,14,16H,10-13,15H2,1H3. The average molecular weight is 406 g/mol. The van der Waals surface area contributed by atoms with Gasteiger partial charge in [-0.25, -0.2) is 9.37 Å². The molecule has 0 radical (unpaired) electrons. The van der Waals surface area contributed by atoms with Crippen molar-refractivity contribution in [3.63, 3.8) is 0 Å². The van der Waals surface area contributed by atoms with E-state index >= 15 is 0 Å². The van der Waals surface area contributed by atoms with Gasteiger partial charge in [-0.15, -0.1) is 0 Å². The highest BCUT2D eigenvalue weighted by molar-refractivity contribution is 5.76. The van der Waals surface area contributed by atoms with Gasteiger partial charge in [0.2, 0.25) is 5.91 Å². The lowest BCUT2D eigenvalue weighted by Gasteiger charge is -2.36. The van der Waals surface area contributed by atoms with Gasteiger partial charge in [-0.1, -0.05) is 29.8 Å². The number of hydrogen-bond donors (Lipinski definition) is 0. The molecule has 1 aliphatic rings. The van der Waals surface area contributed by atoms with Crippen LogP contribution in [0, 0.1) is 12.7 Å². The monoisotopic (exact) mass is 406 g/mol. The summed E-state index contributed by atoms with van der Waals surface area (Å²) in [6.45, 7) is 4.41. The van der Waals surface area contributed by atoms with Crippen molar-refractivity contribution in [2.45, 2.75) is 13.5 Å². The number of benzene rings is 2. The van der Waals surface area contributed by atoms with Crippen molar-refractivity contribution in [3.05, 3.63) is 82.7 Å². The Bertz CT molecular complexity index is 1090. The molecule has 6 nitrogen and oxygen atoms in total. The van der Waals surface area contributed by atoms with Crippen LogP contribution in [0.5, 0.6) is 0 Å². The number of aryl methyl sites for hydroxylation is 1. The number of piperazine rings is 1.